The maximum Gasteiger partial charge on any atom is 0.256 e. The van der Waals surface area contributed by atoms with Crippen molar-refractivity contribution >= 4 is 34.8 Å². The molecule has 1 fully saturated rings. The van der Waals surface area contributed by atoms with Gasteiger partial charge < -0.3 is 20.4 Å². The van der Waals surface area contributed by atoms with Crippen molar-refractivity contribution in [3.63, 3.8) is 0 Å². The zero-order valence-electron chi connectivity index (χ0n) is 16.2. The lowest BCUT2D eigenvalue weighted by atomic mass is 10.0. The van der Waals surface area contributed by atoms with Crippen LogP contribution in [0.5, 0.6) is 0 Å². The van der Waals surface area contributed by atoms with E-state index in [-0.39, 0.29) is 11.8 Å². The molecule has 29 heavy (non-hydrogen) atoms. The maximum absolute atomic E-state index is 13.6. The largest absolute Gasteiger partial charge is 0.379 e. The molecule has 0 aliphatic carbocycles. The first-order valence-corrected chi connectivity index (χ1v) is 9.62. The van der Waals surface area contributed by atoms with Gasteiger partial charge in [-0.15, -0.1) is 0 Å². The van der Waals surface area contributed by atoms with Gasteiger partial charge in [0.1, 0.15) is 5.82 Å². The molecule has 3 heterocycles. The normalized spacial score (nSPS) is 18.0. The molecule has 4 rings (SSSR count). The summed E-state index contributed by atoms with van der Waals surface area (Å²) in [6.45, 7) is 5.66. The highest BCUT2D eigenvalue weighted by atomic mass is 19.1. The number of H-pyrrole nitrogens is 1. The van der Waals surface area contributed by atoms with Gasteiger partial charge in [0, 0.05) is 49.2 Å². The summed E-state index contributed by atoms with van der Waals surface area (Å²) in [6, 6.07) is 4.20. The average molecular weight is 398 g/mol. The number of carbonyl (C=O) groups excluding carboxylic acids is 2. The third kappa shape index (κ3) is 4.23. The molecule has 0 saturated carbocycles. The number of nitrogens with zero attached hydrogens (tertiary/aromatic N) is 1. The van der Waals surface area contributed by atoms with Gasteiger partial charge in [0.2, 0.25) is 5.91 Å². The van der Waals surface area contributed by atoms with E-state index in [2.05, 4.69) is 20.5 Å². The van der Waals surface area contributed by atoms with E-state index >= 15 is 0 Å². The minimum atomic E-state index is -0.400. The van der Waals surface area contributed by atoms with E-state index < -0.39 is 5.82 Å². The number of ether oxygens (including phenoxy) is 1. The number of amides is 2. The fourth-order valence-corrected chi connectivity index (χ4v) is 3.54. The Bertz CT molecular complexity index is 976. The fourth-order valence-electron chi connectivity index (χ4n) is 3.54. The minimum absolute atomic E-state index is 0.0659. The maximum atomic E-state index is 13.6. The van der Waals surface area contributed by atoms with Crippen molar-refractivity contribution in [1.29, 1.82) is 0 Å². The summed E-state index contributed by atoms with van der Waals surface area (Å²) in [5, 5.41) is 5.65. The molecular weight excluding hydrogens is 375 g/mol. The quantitative estimate of drug-likeness (QED) is 0.676. The Labute approximate surface area is 167 Å². The van der Waals surface area contributed by atoms with Crippen LogP contribution in [0.1, 0.15) is 23.2 Å². The minimum Gasteiger partial charge on any atom is -0.379 e. The van der Waals surface area contributed by atoms with Gasteiger partial charge in [0.25, 0.3) is 5.91 Å². The average Bonchev–Trinajstić information content (AvgIpc) is 3.21. The highest BCUT2D eigenvalue weighted by Gasteiger charge is 2.25. The van der Waals surface area contributed by atoms with Crippen molar-refractivity contribution in [1.82, 2.24) is 9.88 Å². The van der Waals surface area contributed by atoms with Crippen molar-refractivity contribution in [3.05, 3.63) is 47.0 Å². The van der Waals surface area contributed by atoms with Crippen LogP contribution >= 0.6 is 0 Å². The number of halogens is 1. The summed E-state index contributed by atoms with van der Waals surface area (Å²) in [5.41, 5.74) is 3.67. The molecule has 152 valence electrons. The van der Waals surface area contributed by atoms with Crippen molar-refractivity contribution in [3.8, 4) is 0 Å². The Morgan fingerprint density at radius 2 is 2.14 bits per heavy atom. The van der Waals surface area contributed by atoms with Gasteiger partial charge in [0.05, 0.1) is 24.5 Å². The molecule has 0 unspecified atom stereocenters. The first kappa shape index (κ1) is 19.4. The third-order valence-electron chi connectivity index (χ3n) is 5.27. The van der Waals surface area contributed by atoms with Crippen LogP contribution in [0.2, 0.25) is 0 Å². The van der Waals surface area contributed by atoms with Gasteiger partial charge >= 0.3 is 0 Å². The molecule has 0 bridgehead atoms. The number of morpholine rings is 1. The highest BCUT2D eigenvalue weighted by molar-refractivity contribution is 6.34. The van der Waals surface area contributed by atoms with Gasteiger partial charge in [-0.3, -0.25) is 14.5 Å². The number of benzene rings is 1. The van der Waals surface area contributed by atoms with Crippen LogP contribution in [0.4, 0.5) is 15.8 Å². The van der Waals surface area contributed by atoms with Crippen LogP contribution in [0, 0.1) is 12.7 Å². The second-order valence-corrected chi connectivity index (χ2v) is 7.20. The molecule has 1 aromatic heterocycles. The molecular formula is C21H23FN4O3. The predicted octanol–water partition coefficient (Wildman–Crippen LogP) is 2.62. The number of hydrogen-bond acceptors (Lipinski definition) is 4. The summed E-state index contributed by atoms with van der Waals surface area (Å²) >= 11 is 0. The van der Waals surface area contributed by atoms with Crippen molar-refractivity contribution in [2.24, 2.45) is 0 Å². The van der Waals surface area contributed by atoms with Crippen LogP contribution in [0.25, 0.3) is 11.6 Å². The van der Waals surface area contributed by atoms with Gasteiger partial charge in [-0.25, -0.2) is 4.39 Å². The van der Waals surface area contributed by atoms with Crippen molar-refractivity contribution < 1.29 is 18.7 Å². The van der Waals surface area contributed by atoms with Gasteiger partial charge in [-0.1, -0.05) is 0 Å². The molecule has 0 spiro atoms. The number of rotatable bonds is 5. The summed E-state index contributed by atoms with van der Waals surface area (Å²) in [7, 11) is 0. The molecule has 3 N–H and O–H groups in total. The molecule has 2 aliphatic heterocycles. The Balaban J connectivity index is 1.45. The monoisotopic (exact) mass is 398 g/mol. The second-order valence-electron chi connectivity index (χ2n) is 7.20. The molecule has 7 nitrogen and oxygen atoms in total. The molecule has 1 aromatic carbocycles. The van der Waals surface area contributed by atoms with Gasteiger partial charge in [-0.2, -0.15) is 0 Å². The van der Waals surface area contributed by atoms with Crippen LogP contribution in [-0.2, 0) is 14.3 Å². The summed E-state index contributed by atoms with van der Waals surface area (Å²) in [5.74, 6) is -0.748. The number of aromatic amines is 1. The lowest BCUT2D eigenvalue weighted by Crippen LogP contribution is -2.38. The van der Waals surface area contributed by atoms with E-state index in [1.54, 1.807) is 18.3 Å². The topological polar surface area (TPSA) is 86.5 Å². The number of carbonyl (C=O) groups is 2. The van der Waals surface area contributed by atoms with Crippen LogP contribution in [-0.4, -0.2) is 54.5 Å². The Morgan fingerprint density at radius 1 is 1.34 bits per heavy atom. The molecule has 0 radical (unpaired) electrons. The van der Waals surface area contributed by atoms with E-state index in [1.165, 1.54) is 12.1 Å². The molecule has 2 aromatic rings. The van der Waals surface area contributed by atoms with E-state index in [4.69, 9.17) is 4.74 Å². The zero-order valence-corrected chi connectivity index (χ0v) is 16.2. The first-order chi connectivity index (χ1) is 14.0. The highest BCUT2D eigenvalue weighted by Crippen LogP contribution is 2.34. The van der Waals surface area contributed by atoms with Crippen LogP contribution in [0.15, 0.2) is 24.4 Å². The van der Waals surface area contributed by atoms with Crippen LogP contribution in [0.3, 0.4) is 0 Å². The van der Waals surface area contributed by atoms with E-state index in [9.17, 15) is 14.0 Å². The zero-order chi connectivity index (χ0) is 20.4. The van der Waals surface area contributed by atoms with Gasteiger partial charge in [-0.05, 0) is 36.8 Å². The molecule has 2 aliphatic rings. The van der Waals surface area contributed by atoms with E-state index in [0.717, 1.165) is 18.7 Å². The smallest absolute Gasteiger partial charge is 0.256 e. The van der Waals surface area contributed by atoms with Crippen molar-refractivity contribution in [2.45, 2.75) is 13.3 Å². The number of anilines is 2. The summed E-state index contributed by atoms with van der Waals surface area (Å²) in [6.07, 6.45) is 3.78. The Hall–Kier alpha value is -2.97. The Morgan fingerprint density at radius 3 is 2.93 bits per heavy atom. The van der Waals surface area contributed by atoms with Crippen LogP contribution < -0.4 is 10.6 Å². The lowest BCUT2D eigenvalue weighted by molar-refractivity contribution is -0.116. The number of hydrogen-bond donors (Lipinski definition) is 3. The third-order valence-corrected chi connectivity index (χ3v) is 5.27. The summed E-state index contributed by atoms with van der Waals surface area (Å²) < 4.78 is 18.9. The Kier molecular flexibility index (Phi) is 5.46. The second kappa shape index (κ2) is 8.18. The first-order valence-electron chi connectivity index (χ1n) is 9.62. The van der Waals surface area contributed by atoms with Crippen molar-refractivity contribution in [2.75, 3.05) is 43.5 Å². The standard InChI is InChI=1S/C21H23FN4O3/c1-13-18(11-16-15-10-14(22)2-3-17(15)25-21(16)28)23-12-19(13)24-20(27)4-5-26-6-8-29-9-7-26/h2-3,10-12,23H,4-9H2,1H3,(H,24,27)(H,25,28)/b16-11-. The SMILES string of the molecule is Cc1c(NC(=O)CCN2CCOCC2)c[nH]c1/C=C1\C(=O)Nc2ccc(F)cc21. The van der Waals surface area contributed by atoms with E-state index in [0.29, 0.717) is 54.4 Å². The predicted molar refractivity (Wildman–Crippen MR) is 109 cm³/mol. The molecule has 8 heteroatoms. The van der Waals surface area contributed by atoms with E-state index in [1.807, 2.05) is 6.92 Å². The molecule has 2 amide bonds. The summed E-state index contributed by atoms with van der Waals surface area (Å²) in [4.78, 5) is 29.9. The molecule has 0 atom stereocenters. The van der Waals surface area contributed by atoms with Gasteiger partial charge in [0.15, 0.2) is 0 Å². The number of aromatic nitrogens is 1. The fraction of sp³-hybridized carbons (Fsp3) is 0.333. The lowest BCUT2D eigenvalue weighted by Gasteiger charge is -2.26. The number of fused-ring (bicyclic) bond motifs is 1. The molecule has 1 saturated heterocycles. The number of nitrogens with one attached hydrogen (secondary N) is 3.